The summed E-state index contributed by atoms with van der Waals surface area (Å²) in [5.41, 5.74) is 9.30. The van der Waals surface area contributed by atoms with Crippen LogP contribution in [0.25, 0.3) is 22.2 Å². The van der Waals surface area contributed by atoms with Crippen LogP contribution in [0.1, 0.15) is 28.0 Å². The Bertz CT molecular complexity index is 1410. The Balaban J connectivity index is 0.00000181. The highest BCUT2D eigenvalue weighted by molar-refractivity contribution is 7.92. The first-order valence-electron chi connectivity index (χ1n) is 9.27. The van der Waals surface area contributed by atoms with Crippen LogP contribution in [-0.4, -0.2) is 33.8 Å². The molecule has 0 atom stereocenters. The predicted octanol–water partition coefficient (Wildman–Crippen LogP) is 3.68. The first-order chi connectivity index (χ1) is 14.4. The molecule has 0 saturated carbocycles. The van der Waals surface area contributed by atoms with Crippen molar-refractivity contribution in [3.8, 4) is 23.1 Å². The van der Waals surface area contributed by atoms with E-state index in [9.17, 15) is 8.42 Å². The fraction of sp³-hybridized carbons (Fsp3) is 0.136. The first-order valence-corrected chi connectivity index (χ1v) is 10.8. The highest BCUT2D eigenvalue weighted by Crippen LogP contribution is 2.23. The summed E-state index contributed by atoms with van der Waals surface area (Å²) in [5, 5.41) is 7.37. The standard InChI is InChI=1S/C22H19N5O2S.2H2/c1-14(2)30(28,29)17-9-6-16(7-10-17)21-13-24-22(23)20(26-21)11-8-15-4-3-5-19-18(15)12-25-27-19;;/h3-7,9-10,12-14H,1-2H3,(H2,23,24)(H,25,27);2*1H. The minimum absolute atomic E-state index is 0. The molecule has 0 aliphatic rings. The molecule has 0 bridgehead atoms. The van der Waals surface area contributed by atoms with E-state index in [0.29, 0.717) is 11.4 Å². The van der Waals surface area contributed by atoms with E-state index in [1.54, 1.807) is 50.5 Å². The maximum atomic E-state index is 12.3. The molecule has 4 rings (SSSR count). The molecular weight excluding hydrogens is 398 g/mol. The van der Waals surface area contributed by atoms with Gasteiger partial charge in [-0.25, -0.2) is 18.4 Å². The van der Waals surface area contributed by atoms with Crippen molar-refractivity contribution in [3.63, 3.8) is 0 Å². The monoisotopic (exact) mass is 421 g/mol. The highest BCUT2D eigenvalue weighted by Gasteiger charge is 2.19. The van der Waals surface area contributed by atoms with Crippen molar-refractivity contribution in [2.75, 3.05) is 5.73 Å². The van der Waals surface area contributed by atoms with Crippen LogP contribution in [-0.2, 0) is 9.84 Å². The van der Waals surface area contributed by atoms with Crippen LogP contribution in [0.2, 0.25) is 0 Å². The van der Waals surface area contributed by atoms with Gasteiger partial charge in [-0.15, -0.1) is 0 Å². The Hall–Kier alpha value is -3.70. The number of sulfone groups is 1. The molecule has 2 aromatic heterocycles. The first kappa shape index (κ1) is 19.6. The van der Waals surface area contributed by atoms with Gasteiger partial charge in [0.15, 0.2) is 21.3 Å². The SMILES string of the molecule is CC(C)S(=O)(=O)c1ccc(-c2cnc(N)c(C#Cc3cccc4[nH]ncc34)n2)cc1.[HH].[HH]. The van der Waals surface area contributed by atoms with Crippen LogP contribution in [0.5, 0.6) is 0 Å². The van der Waals surface area contributed by atoms with Crippen molar-refractivity contribution in [2.24, 2.45) is 0 Å². The molecule has 3 N–H and O–H groups in total. The van der Waals surface area contributed by atoms with Crippen molar-refractivity contribution in [1.29, 1.82) is 0 Å². The molecule has 2 heterocycles. The average Bonchev–Trinajstić information content (AvgIpc) is 3.23. The lowest BCUT2D eigenvalue weighted by molar-refractivity contribution is 0.587. The third-order valence-corrected chi connectivity index (χ3v) is 6.87. The molecule has 4 aromatic rings. The van der Waals surface area contributed by atoms with Crippen molar-refractivity contribution < 1.29 is 11.3 Å². The van der Waals surface area contributed by atoms with E-state index in [2.05, 4.69) is 32.0 Å². The molecule has 0 radical (unpaired) electrons. The largest absolute Gasteiger partial charge is 0.381 e. The lowest BCUT2D eigenvalue weighted by atomic mass is 10.1. The molecule has 0 saturated heterocycles. The molecule has 0 aliphatic heterocycles. The second-order valence-corrected chi connectivity index (χ2v) is 9.50. The van der Waals surface area contributed by atoms with Gasteiger partial charge in [-0.2, -0.15) is 5.10 Å². The topological polar surface area (TPSA) is 115 Å². The van der Waals surface area contributed by atoms with Gasteiger partial charge < -0.3 is 5.73 Å². The summed E-state index contributed by atoms with van der Waals surface area (Å²) in [6.45, 7) is 3.31. The van der Waals surface area contributed by atoms with E-state index in [4.69, 9.17) is 5.73 Å². The third kappa shape index (κ3) is 3.63. The molecule has 154 valence electrons. The number of hydrogen-bond donors (Lipinski definition) is 2. The second-order valence-electron chi connectivity index (χ2n) is 6.99. The Morgan fingerprint density at radius 2 is 1.83 bits per heavy atom. The van der Waals surface area contributed by atoms with Crippen LogP contribution >= 0.6 is 0 Å². The number of benzene rings is 2. The maximum Gasteiger partial charge on any atom is 0.180 e. The summed E-state index contributed by atoms with van der Waals surface area (Å²) in [5.74, 6) is 6.29. The van der Waals surface area contributed by atoms with Gasteiger partial charge in [-0.3, -0.25) is 5.10 Å². The number of nitrogens with one attached hydrogen (secondary N) is 1. The molecule has 0 unspecified atom stereocenters. The van der Waals surface area contributed by atoms with E-state index < -0.39 is 15.1 Å². The van der Waals surface area contributed by atoms with E-state index in [1.165, 1.54) is 0 Å². The minimum Gasteiger partial charge on any atom is -0.381 e. The molecule has 30 heavy (non-hydrogen) atoms. The van der Waals surface area contributed by atoms with Crippen LogP contribution in [0.3, 0.4) is 0 Å². The summed E-state index contributed by atoms with van der Waals surface area (Å²) >= 11 is 0. The quantitative estimate of drug-likeness (QED) is 0.488. The maximum absolute atomic E-state index is 12.3. The van der Waals surface area contributed by atoms with Crippen molar-refractivity contribution in [2.45, 2.75) is 24.0 Å². The molecule has 0 aliphatic carbocycles. The number of nitrogens with two attached hydrogens (primary N) is 1. The zero-order chi connectivity index (χ0) is 21.3. The van der Waals surface area contributed by atoms with Crippen LogP contribution < -0.4 is 5.73 Å². The Morgan fingerprint density at radius 1 is 1.07 bits per heavy atom. The van der Waals surface area contributed by atoms with E-state index >= 15 is 0 Å². The Labute approximate surface area is 177 Å². The van der Waals surface area contributed by atoms with Crippen LogP contribution in [0.15, 0.2) is 59.8 Å². The molecule has 2 aromatic carbocycles. The molecule has 0 spiro atoms. The smallest absolute Gasteiger partial charge is 0.180 e. The number of aromatic amines is 1. The summed E-state index contributed by atoms with van der Waals surface area (Å²) in [4.78, 5) is 8.99. The number of anilines is 1. The number of nitrogens with zero attached hydrogens (tertiary/aromatic N) is 3. The zero-order valence-electron chi connectivity index (χ0n) is 16.4. The number of H-pyrrole nitrogens is 1. The van der Waals surface area contributed by atoms with E-state index in [1.807, 2.05) is 18.2 Å². The third-order valence-electron chi connectivity index (χ3n) is 4.70. The molecule has 8 heteroatoms. The van der Waals surface area contributed by atoms with E-state index in [-0.39, 0.29) is 13.6 Å². The zero-order valence-corrected chi connectivity index (χ0v) is 17.2. The highest BCUT2D eigenvalue weighted by atomic mass is 32.2. The van der Waals surface area contributed by atoms with Gasteiger partial charge in [0.25, 0.3) is 0 Å². The summed E-state index contributed by atoms with van der Waals surface area (Å²) in [6.07, 6.45) is 3.26. The lowest BCUT2D eigenvalue weighted by Crippen LogP contribution is -2.13. The summed E-state index contributed by atoms with van der Waals surface area (Å²) in [6, 6.07) is 12.3. The predicted molar refractivity (Wildman–Crippen MR) is 121 cm³/mol. The molecule has 7 nitrogen and oxygen atoms in total. The minimum atomic E-state index is -3.33. The number of aromatic nitrogens is 4. The van der Waals surface area contributed by atoms with Crippen molar-refractivity contribution in [3.05, 3.63) is 66.1 Å². The van der Waals surface area contributed by atoms with Crippen molar-refractivity contribution in [1.82, 2.24) is 20.2 Å². The second kappa shape index (κ2) is 7.61. The van der Waals surface area contributed by atoms with Gasteiger partial charge >= 0.3 is 0 Å². The molecule has 0 amide bonds. The van der Waals surface area contributed by atoms with Gasteiger partial charge in [-0.05, 0) is 44.0 Å². The number of nitrogen functional groups attached to an aromatic ring is 1. The van der Waals surface area contributed by atoms with Crippen molar-refractivity contribution >= 4 is 26.6 Å². The van der Waals surface area contributed by atoms with Gasteiger partial charge in [0, 0.05) is 19.4 Å². The fourth-order valence-electron chi connectivity index (χ4n) is 2.92. The van der Waals surface area contributed by atoms with E-state index in [0.717, 1.165) is 22.0 Å². The van der Waals surface area contributed by atoms with Gasteiger partial charge in [0.2, 0.25) is 0 Å². The van der Waals surface area contributed by atoms with Gasteiger partial charge in [0.1, 0.15) is 0 Å². The van der Waals surface area contributed by atoms with Crippen LogP contribution in [0.4, 0.5) is 5.82 Å². The Morgan fingerprint density at radius 3 is 2.57 bits per heavy atom. The summed E-state index contributed by atoms with van der Waals surface area (Å²) < 4.78 is 24.6. The number of rotatable bonds is 3. The number of hydrogen-bond acceptors (Lipinski definition) is 6. The fourth-order valence-corrected chi connectivity index (χ4v) is 3.98. The lowest BCUT2D eigenvalue weighted by Gasteiger charge is -2.08. The molecule has 0 fully saturated rings. The van der Waals surface area contributed by atoms with Gasteiger partial charge in [0.05, 0.1) is 33.7 Å². The summed E-state index contributed by atoms with van der Waals surface area (Å²) in [7, 11) is -3.33. The Kier molecular flexibility index (Phi) is 4.98. The molecular formula is C22H23N5O2S. The normalized spacial score (nSPS) is 11.4. The number of fused-ring (bicyclic) bond motifs is 1. The van der Waals surface area contributed by atoms with Gasteiger partial charge in [-0.1, -0.05) is 24.1 Å². The van der Waals surface area contributed by atoms with Crippen LogP contribution in [0, 0.1) is 11.8 Å². The average molecular weight is 422 g/mol.